The summed E-state index contributed by atoms with van der Waals surface area (Å²) in [7, 11) is 0. The fourth-order valence-corrected chi connectivity index (χ4v) is 3.69. The van der Waals surface area contributed by atoms with Crippen molar-refractivity contribution >= 4 is 0 Å². The third-order valence-electron chi connectivity index (χ3n) is 4.62. The second kappa shape index (κ2) is 4.82. The summed E-state index contributed by atoms with van der Waals surface area (Å²) in [6, 6.07) is 6.28. The molecule has 3 unspecified atom stereocenters. The Bertz CT molecular complexity index is 455. The maximum Gasteiger partial charge on any atom is 0.416 e. The van der Waals surface area contributed by atoms with Crippen molar-refractivity contribution in [3.8, 4) is 0 Å². The highest BCUT2D eigenvalue weighted by atomic mass is 19.4. The quantitative estimate of drug-likeness (QED) is 0.875. The number of hydrogen-bond acceptors (Lipinski definition) is 1. The second-order valence-electron chi connectivity index (χ2n) is 5.82. The van der Waals surface area contributed by atoms with E-state index in [4.69, 9.17) is 0 Å². The highest BCUT2D eigenvalue weighted by Gasteiger charge is 2.39. The Morgan fingerprint density at radius 1 is 1.11 bits per heavy atom. The molecule has 2 aliphatic carbocycles. The summed E-state index contributed by atoms with van der Waals surface area (Å²) >= 11 is 0. The Kier molecular flexibility index (Phi) is 3.29. The van der Waals surface area contributed by atoms with Crippen LogP contribution in [0.3, 0.4) is 0 Å². The maximum absolute atomic E-state index is 12.9. The van der Waals surface area contributed by atoms with Crippen LogP contribution in [0.25, 0.3) is 0 Å². The van der Waals surface area contributed by atoms with E-state index in [0.717, 1.165) is 18.4 Å². The van der Waals surface area contributed by atoms with E-state index in [1.165, 1.54) is 25.3 Å². The normalized spacial score (nSPS) is 29.9. The average Bonchev–Trinajstić information content (AvgIpc) is 2.97. The Hall–Kier alpha value is -1.03. The van der Waals surface area contributed by atoms with Crippen LogP contribution in [0.15, 0.2) is 24.3 Å². The van der Waals surface area contributed by atoms with Gasteiger partial charge in [-0.3, -0.25) is 0 Å². The van der Waals surface area contributed by atoms with Gasteiger partial charge in [0.25, 0.3) is 0 Å². The standard InChI is InChI=1S/C15H18F3N/c16-15(17,18)13-4-2-1-3-12(13)9-19-14-8-10-5-6-11(14)7-10/h1-4,10-11,14,19H,5-9H2. The van der Waals surface area contributed by atoms with Gasteiger partial charge in [0.05, 0.1) is 5.56 Å². The molecule has 0 heterocycles. The zero-order valence-electron chi connectivity index (χ0n) is 10.7. The third-order valence-corrected chi connectivity index (χ3v) is 4.62. The molecule has 3 rings (SSSR count). The molecule has 4 heteroatoms. The van der Waals surface area contributed by atoms with Gasteiger partial charge in [-0.25, -0.2) is 0 Å². The van der Waals surface area contributed by atoms with Gasteiger partial charge < -0.3 is 5.32 Å². The van der Waals surface area contributed by atoms with Gasteiger partial charge in [0, 0.05) is 12.6 Å². The van der Waals surface area contributed by atoms with Crippen LogP contribution in [0.4, 0.5) is 13.2 Å². The molecular formula is C15H18F3N. The summed E-state index contributed by atoms with van der Waals surface area (Å²) in [6.45, 7) is 0.323. The van der Waals surface area contributed by atoms with E-state index in [1.54, 1.807) is 12.1 Å². The third kappa shape index (κ3) is 2.64. The lowest BCUT2D eigenvalue weighted by atomic mass is 9.95. The van der Waals surface area contributed by atoms with Crippen molar-refractivity contribution in [3.05, 3.63) is 35.4 Å². The fraction of sp³-hybridized carbons (Fsp3) is 0.600. The van der Waals surface area contributed by atoms with E-state index in [2.05, 4.69) is 5.32 Å². The Morgan fingerprint density at radius 2 is 1.89 bits per heavy atom. The summed E-state index contributed by atoms with van der Waals surface area (Å²) in [6.07, 6.45) is 0.690. The van der Waals surface area contributed by atoms with E-state index in [1.807, 2.05) is 0 Å². The number of nitrogens with one attached hydrogen (secondary N) is 1. The van der Waals surface area contributed by atoms with Crippen molar-refractivity contribution < 1.29 is 13.2 Å². The van der Waals surface area contributed by atoms with Crippen molar-refractivity contribution in [2.45, 2.75) is 44.4 Å². The smallest absolute Gasteiger partial charge is 0.310 e. The van der Waals surface area contributed by atoms with Crippen molar-refractivity contribution in [2.75, 3.05) is 0 Å². The van der Waals surface area contributed by atoms with E-state index >= 15 is 0 Å². The van der Waals surface area contributed by atoms with E-state index in [0.29, 0.717) is 24.1 Å². The summed E-state index contributed by atoms with van der Waals surface area (Å²) in [5.41, 5.74) is -0.150. The molecule has 0 spiro atoms. The van der Waals surface area contributed by atoms with Gasteiger partial charge in [-0.1, -0.05) is 24.6 Å². The van der Waals surface area contributed by atoms with Crippen LogP contribution >= 0.6 is 0 Å². The van der Waals surface area contributed by atoms with Crippen LogP contribution in [0, 0.1) is 11.8 Å². The van der Waals surface area contributed by atoms with Crippen molar-refractivity contribution in [1.82, 2.24) is 5.32 Å². The zero-order valence-corrected chi connectivity index (χ0v) is 10.7. The SMILES string of the molecule is FC(F)(F)c1ccccc1CNC1CC2CCC1C2. The summed E-state index contributed by atoms with van der Waals surface area (Å²) in [4.78, 5) is 0. The highest BCUT2D eigenvalue weighted by molar-refractivity contribution is 5.29. The second-order valence-corrected chi connectivity index (χ2v) is 5.82. The first-order valence-electron chi connectivity index (χ1n) is 6.92. The molecule has 104 valence electrons. The number of rotatable bonds is 3. The van der Waals surface area contributed by atoms with Crippen molar-refractivity contribution in [1.29, 1.82) is 0 Å². The van der Waals surface area contributed by atoms with Gasteiger partial charge >= 0.3 is 6.18 Å². The van der Waals surface area contributed by atoms with Gasteiger partial charge in [0.15, 0.2) is 0 Å². The number of alkyl halides is 3. The minimum Gasteiger partial charge on any atom is -0.310 e. The van der Waals surface area contributed by atoms with Crippen molar-refractivity contribution in [2.24, 2.45) is 11.8 Å². The van der Waals surface area contributed by atoms with Gasteiger partial charge in [0.2, 0.25) is 0 Å². The molecule has 1 nitrogen and oxygen atoms in total. The van der Waals surface area contributed by atoms with E-state index < -0.39 is 11.7 Å². The molecule has 2 bridgehead atoms. The molecule has 0 radical (unpaired) electrons. The number of benzene rings is 1. The predicted molar refractivity (Wildman–Crippen MR) is 67.5 cm³/mol. The molecule has 0 saturated heterocycles. The zero-order chi connectivity index (χ0) is 13.5. The van der Waals surface area contributed by atoms with Crippen LogP contribution in [0.1, 0.15) is 36.8 Å². The van der Waals surface area contributed by atoms with Gasteiger partial charge in [-0.2, -0.15) is 13.2 Å². The topological polar surface area (TPSA) is 12.0 Å². The largest absolute Gasteiger partial charge is 0.416 e. The maximum atomic E-state index is 12.9. The minimum atomic E-state index is -4.26. The summed E-state index contributed by atoms with van der Waals surface area (Å²) in [5, 5.41) is 3.34. The molecule has 2 fully saturated rings. The molecule has 0 amide bonds. The molecule has 1 N–H and O–H groups in total. The summed E-state index contributed by atoms with van der Waals surface area (Å²) in [5.74, 6) is 1.49. The molecule has 3 atom stereocenters. The fourth-order valence-electron chi connectivity index (χ4n) is 3.69. The van der Waals surface area contributed by atoms with Gasteiger partial charge in [0.1, 0.15) is 0 Å². The monoisotopic (exact) mass is 269 g/mol. The van der Waals surface area contributed by atoms with Gasteiger partial charge in [-0.15, -0.1) is 0 Å². The Morgan fingerprint density at radius 3 is 2.53 bits per heavy atom. The lowest BCUT2D eigenvalue weighted by molar-refractivity contribution is -0.138. The van der Waals surface area contributed by atoms with E-state index in [9.17, 15) is 13.2 Å². The van der Waals surface area contributed by atoms with E-state index in [-0.39, 0.29) is 0 Å². The Balaban J connectivity index is 1.67. The number of halogens is 3. The first kappa shape index (κ1) is 13.0. The molecular weight excluding hydrogens is 251 g/mol. The minimum absolute atomic E-state index is 0.323. The van der Waals surface area contributed by atoms with Crippen LogP contribution in [0.2, 0.25) is 0 Å². The molecule has 2 aliphatic rings. The lowest BCUT2D eigenvalue weighted by Crippen LogP contribution is -2.33. The van der Waals surface area contributed by atoms with Crippen LogP contribution in [0.5, 0.6) is 0 Å². The molecule has 1 aromatic carbocycles. The molecule has 0 aromatic heterocycles. The van der Waals surface area contributed by atoms with Crippen LogP contribution < -0.4 is 5.32 Å². The molecule has 19 heavy (non-hydrogen) atoms. The summed E-state index contributed by atoms with van der Waals surface area (Å²) < 4.78 is 38.6. The molecule has 0 aliphatic heterocycles. The highest BCUT2D eigenvalue weighted by Crippen LogP contribution is 2.44. The van der Waals surface area contributed by atoms with Gasteiger partial charge in [-0.05, 0) is 42.7 Å². The molecule has 2 saturated carbocycles. The predicted octanol–water partition coefficient (Wildman–Crippen LogP) is 3.98. The Labute approximate surface area is 111 Å². The first-order chi connectivity index (χ1) is 9.04. The first-order valence-corrected chi connectivity index (χ1v) is 6.92. The number of fused-ring (bicyclic) bond motifs is 2. The van der Waals surface area contributed by atoms with Crippen molar-refractivity contribution in [3.63, 3.8) is 0 Å². The average molecular weight is 269 g/mol. The molecule has 1 aromatic rings. The lowest BCUT2D eigenvalue weighted by Gasteiger charge is -2.24. The van der Waals surface area contributed by atoms with Crippen LogP contribution in [-0.2, 0) is 12.7 Å². The number of hydrogen-bond donors (Lipinski definition) is 1. The van der Waals surface area contributed by atoms with Crippen LogP contribution in [-0.4, -0.2) is 6.04 Å².